The van der Waals surface area contributed by atoms with Gasteiger partial charge in [-0.05, 0) is 19.1 Å². The van der Waals surface area contributed by atoms with E-state index in [1.807, 2.05) is 18.0 Å². The monoisotopic (exact) mass is 362 g/mol. The number of nitrogens with zero attached hydrogens (tertiary/aromatic N) is 5. The van der Waals surface area contributed by atoms with E-state index >= 15 is 0 Å². The summed E-state index contributed by atoms with van der Waals surface area (Å²) >= 11 is 0. The lowest BCUT2D eigenvalue weighted by molar-refractivity contribution is 0.369. The Labute approximate surface area is 152 Å². The summed E-state index contributed by atoms with van der Waals surface area (Å²) in [5, 5.41) is 3.35. The van der Waals surface area contributed by atoms with E-state index in [2.05, 4.69) is 24.8 Å². The maximum absolute atomic E-state index is 13.9. The number of imidazole rings is 1. The number of nitrogens with one attached hydrogen (secondary N) is 1. The van der Waals surface area contributed by atoms with Crippen molar-refractivity contribution in [1.29, 1.82) is 0 Å². The molecule has 1 aromatic carbocycles. The lowest BCUT2D eigenvalue weighted by Gasteiger charge is -2.37. The molecule has 0 radical (unpaired) electrons. The Kier molecular flexibility index (Phi) is 5.70. The molecule has 0 bridgehead atoms. The maximum Gasteiger partial charge on any atom is 0.193 e. The van der Waals surface area contributed by atoms with Gasteiger partial charge in [0.15, 0.2) is 5.96 Å². The number of aliphatic imine (C=N–C) groups is 1. The van der Waals surface area contributed by atoms with Gasteiger partial charge in [0, 0.05) is 64.8 Å². The lowest BCUT2D eigenvalue weighted by atomic mass is 10.2. The minimum atomic E-state index is -0.420. The second-order valence-corrected chi connectivity index (χ2v) is 6.21. The van der Waals surface area contributed by atoms with Gasteiger partial charge in [0.2, 0.25) is 0 Å². The van der Waals surface area contributed by atoms with Gasteiger partial charge in [-0.25, -0.2) is 13.8 Å². The average molecular weight is 362 g/mol. The number of hydrogen-bond acceptors (Lipinski definition) is 3. The highest BCUT2D eigenvalue weighted by Gasteiger charge is 2.21. The van der Waals surface area contributed by atoms with Gasteiger partial charge in [0.25, 0.3) is 0 Å². The number of guanidine groups is 1. The Hall–Kier alpha value is -2.64. The first kappa shape index (κ1) is 18.2. The fourth-order valence-electron chi connectivity index (χ4n) is 3.15. The molecule has 140 valence electrons. The zero-order valence-corrected chi connectivity index (χ0v) is 15.1. The van der Waals surface area contributed by atoms with E-state index in [1.54, 1.807) is 13.2 Å². The van der Waals surface area contributed by atoms with Crippen LogP contribution in [0.3, 0.4) is 0 Å². The van der Waals surface area contributed by atoms with Gasteiger partial charge in [0.05, 0.1) is 5.69 Å². The molecule has 0 atom stereocenters. The zero-order chi connectivity index (χ0) is 18.5. The second kappa shape index (κ2) is 8.16. The number of hydrogen-bond donors (Lipinski definition) is 1. The van der Waals surface area contributed by atoms with E-state index in [1.165, 1.54) is 12.1 Å². The van der Waals surface area contributed by atoms with E-state index in [0.717, 1.165) is 30.9 Å². The number of rotatable bonds is 4. The van der Waals surface area contributed by atoms with Crippen molar-refractivity contribution in [3.05, 3.63) is 48.1 Å². The molecule has 0 amide bonds. The predicted octanol–water partition coefficient (Wildman–Crippen LogP) is 1.87. The summed E-state index contributed by atoms with van der Waals surface area (Å²) in [5.74, 6) is 0.990. The molecule has 8 heteroatoms. The Morgan fingerprint density at radius 3 is 2.65 bits per heavy atom. The Bertz CT molecular complexity index is 765. The van der Waals surface area contributed by atoms with Crippen molar-refractivity contribution < 1.29 is 8.78 Å². The largest absolute Gasteiger partial charge is 0.366 e. The second-order valence-electron chi connectivity index (χ2n) is 6.21. The van der Waals surface area contributed by atoms with Crippen LogP contribution >= 0.6 is 0 Å². The lowest BCUT2D eigenvalue weighted by Crippen LogP contribution is -2.53. The quantitative estimate of drug-likeness (QED) is 0.666. The third-order valence-corrected chi connectivity index (χ3v) is 4.60. The topological polar surface area (TPSA) is 48.7 Å². The molecule has 1 aliphatic heterocycles. The van der Waals surface area contributed by atoms with E-state index in [0.29, 0.717) is 31.9 Å². The van der Waals surface area contributed by atoms with E-state index in [9.17, 15) is 8.78 Å². The molecule has 0 spiro atoms. The molecular weight excluding hydrogens is 338 g/mol. The highest BCUT2D eigenvalue weighted by atomic mass is 19.1. The summed E-state index contributed by atoms with van der Waals surface area (Å²) < 4.78 is 29.4. The first-order chi connectivity index (χ1) is 12.6. The summed E-state index contributed by atoms with van der Waals surface area (Å²) in [6, 6.07) is 3.57. The van der Waals surface area contributed by atoms with Crippen LogP contribution < -0.4 is 10.2 Å². The summed E-state index contributed by atoms with van der Waals surface area (Å²) in [6.45, 7) is 6.13. The van der Waals surface area contributed by atoms with Crippen LogP contribution in [0.15, 0.2) is 35.6 Å². The van der Waals surface area contributed by atoms with E-state index in [-0.39, 0.29) is 0 Å². The molecule has 1 aliphatic rings. The molecule has 2 aromatic rings. The molecular formula is C18H24F2N6. The predicted molar refractivity (Wildman–Crippen MR) is 98.5 cm³/mol. The number of piperazine rings is 1. The summed E-state index contributed by atoms with van der Waals surface area (Å²) in [6.07, 6.45) is 3.74. The molecule has 1 fully saturated rings. The van der Waals surface area contributed by atoms with Crippen molar-refractivity contribution in [2.24, 2.45) is 4.99 Å². The summed E-state index contributed by atoms with van der Waals surface area (Å²) in [4.78, 5) is 12.5. The van der Waals surface area contributed by atoms with Crippen LogP contribution in [0.2, 0.25) is 0 Å². The Morgan fingerprint density at radius 1 is 1.23 bits per heavy atom. The number of halogens is 2. The molecule has 1 N–H and O–H groups in total. The highest BCUT2D eigenvalue weighted by Crippen LogP contribution is 2.21. The van der Waals surface area contributed by atoms with E-state index < -0.39 is 11.6 Å². The van der Waals surface area contributed by atoms with Crippen LogP contribution in [0.4, 0.5) is 14.5 Å². The molecule has 1 aromatic heterocycles. The fourth-order valence-corrected chi connectivity index (χ4v) is 3.15. The summed E-state index contributed by atoms with van der Waals surface area (Å²) in [7, 11) is 1.75. The van der Waals surface area contributed by atoms with Crippen molar-refractivity contribution in [2.75, 3.05) is 44.7 Å². The third-order valence-electron chi connectivity index (χ3n) is 4.60. The number of aromatic nitrogens is 2. The van der Waals surface area contributed by atoms with Crippen molar-refractivity contribution in [1.82, 2.24) is 19.8 Å². The van der Waals surface area contributed by atoms with Crippen LogP contribution in [-0.4, -0.2) is 60.2 Å². The molecule has 0 unspecified atom stereocenters. The molecule has 0 saturated carbocycles. The Balaban J connectivity index is 1.52. The van der Waals surface area contributed by atoms with Gasteiger partial charge in [0.1, 0.15) is 17.5 Å². The van der Waals surface area contributed by atoms with Gasteiger partial charge < -0.3 is 19.7 Å². The molecule has 0 aliphatic carbocycles. The molecule has 3 rings (SSSR count). The van der Waals surface area contributed by atoms with Crippen molar-refractivity contribution in [2.45, 2.75) is 13.5 Å². The van der Waals surface area contributed by atoms with Gasteiger partial charge in [-0.2, -0.15) is 0 Å². The minimum Gasteiger partial charge on any atom is -0.366 e. The van der Waals surface area contributed by atoms with Crippen LogP contribution in [0, 0.1) is 18.6 Å². The fraction of sp³-hybridized carbons (Fsp3) is 0.444. The van der Waals surface area contributed by atoms with Crippen molar-refractivity contribution in [3.8, 4) is 0 Å². The Morgan fingerprint density at radius 2 is 2.00 bits per heavy atom. The smallest absolute Gasteiger partial charge is 0.193 e. The molecule has 26 heavy (non-hydrogen) atoms. The highest BCUT2D eigenvalue weighted by molar-refractivity contribution is 5.80. The van der Waals surface area contributed by atoms with Crippen LogP contribution in [-0.2, 0) is 6.54 Å². The number of anilines is 1. The average Bonchev–Trinajstić information content (AvgIpc) is 3.06. The molecule has 2 heterocycles. The van der Waals surface area contributed by atoms with Gasteiger partial charge in [-0.1, -0.05) is 0 Å². The van der Waals surface area contributed by atoms with Crippen LogP contribution in [0.25, 0.3) is 0 Å². The SMILES string of the molecule is CN=C(NCCn1ccnc1C)N1CCN(c2cc(F)ccc2F)CC1. The first-order valence-corrected chi connectivity index (χ1v) is 8.72. The van der Waals surface area contributed by atoms with Gasteiger partial charge in [-0.3, -0.25) is 4.99 Å². The molecule has 6 nitrogen and oxygen atoms in total. The van der Waals surface area contributed by atoms with Gasteiger partial charge >= 0.3 is 0 Å². The third kappa shape index (κ3) is 4.12. The molecule has 1 saturated heterocycles. The normalized spacial score (nSPS) is 15.5. The maximum atomic E-state index is 13.9. The minimum absolute atomic E-state index is 0.322. The van der Waals surface area contributed by atoms with Crippen molar-refractivity contribution >= 4 is 11.6 Å². The summed E-state index contributed by atoms with van der Waals surface area (Å²) in [5.41, 5.74) is 0.322. The number of aryl methyl sites for hydroxylation is 1. The van der Waals surface area contributed by atoms with Crippen molar-refractivity contribution in [3.63, 3.8) is 0 Å². The first-order valence-electron chi connectivity index (χ1n) is 8.72. The van der Waals surface area contributed by atoms with Crippen LogP contribution in [0.1, 0.15) is 5.82 Å². The standard InChI is InChI=1S/C18H24F2N6/c1-14-22-5-7-24(14)8-6-23-18(21-2)26-11-9-25(10-12-26)17-13-15(19)3-4-16(17)20/h3-5,7,13H,6,8-12H2,1-2H3,(H,21,23). The number of benzene rings is 1. The van der Waals surface area contributed by atoms with Crippen LogP contribution in [0.5, 0.6) is 0 Å². The van der Waals surface area contributed by atoms with E-state index in [4.69, 9.17) is 0 Å². The van der Waals surface area contributed by atoms with Gasteiger partial charge in [-0.15, -0.1) is 0 Å². The zero-order valence-electron chi connectivity index (χ0n) is 15.1.